The van der Waals surface area contributed by atoms with Crippen molar-refractivity contribution in [3.8, 4) is 0 Å². The number of pyridine rings is 1. The van der Waals surface area contributed by atoms with Crippen molar-refractivity contribution in [3.63, 3.8) is 0 Å². The van der Waals surface area contributed by atoms with Gasteiger partial charge in [-0.15, -0.1) is 0 Å². The molecule has 1 fully saturated rings. The predicted octanol–water partition coefficient (Wildman–Crippen LogP) is 4.75. The number of aromatic nitrogens is 1. The van der Waals surface area contributed by atoms with E-state index in [9.17, 15) is 19.5 Å². The number of nitrogens with zero attached hydrogens (tertiary/aromatic N) is 3. The van der Waals surface area contributed by atoms with E-state index in [1.54, 1.807) is 18.5 Å². The van der Waals surface area contributed by atoms with Gasteiger partial charge in [-0.05, 0) is 60.4 Å². The van der Waals surface area contributed by atoms with Crippen LogP contribution >= 0.6 is 11.6 Å². The number of rotatable bonds is 6. The summed E-state index contributed by atoms with van der Waals surface area (Å²) in [4.78, 5) is 47.0. The Bertz CT molecular complexity index is 1480. The van der Waals surface area contributed by atoms with Gasteiger partial charge in [0.1, 0.15) is 6.04 Å². The van der Waals surface area contributed by atoms with E-state index in [1.807, 2.05) is 30.3 Å². The molecule has 0 radical (unpaired) electrons. The summed E-state index contributed by atoms with van der Waals surface area (Å²) in [6.45, 7) is 2.68. The minimum absolute atomic E-state index is 0.0519. The number of Topliss-reactive ketones (excluding diaryl/α,β-unsaturated/α-hetero) is 1. The van der Waals surface area contributed by atoms with E-state index < -0.39 is 12.0 Å². The first-order valence-corrected chi connectivity index (χ1v) is 12.9. The van der Waals surface area contributed by atoms with E-state index in [-0.39, 0.29) is 34.0 Å². The van der Waals surface area contributed by atoms with Gasteiger partial charge in [0.15, 0.2) is 5.78 Å². The number of piperidine rings is 1. The monoisotopic (exact) mass is 528 g/mol. The van der Waals surface area contributed by atoms with Crippen molar-refractivity contribution >= 4 is 46.7 Å². The molecule has 8 nitrogen and oxygen atoms in total. The second kappa shape index (κ2) is 9.70. The van der Waals surface area contributed by atoms with Crippen LogP contribution in [0, 0.1) is 0 Å². The minimum atomic E-state index is -1.16. The SMILES string of the molecule is O=C(O)c1cc(Cl)cc(N2C(=O)c3c(NC4CCN(Cc5ccncc5)CC4)ccc4c3C(=O)C2C=C4)c1. The molecular weight excluding hydrogens is 504 g/mol. The number of halogens is 1. The van der Waals surface area contributed by atoms with Crippen LogP contribution < -0.4 is 10.2 Å². The van der Waals surface area contributed by atoms with Gasteiger partial charge < -0.3 is 10.4 Å². The van der Waals surface area contributed by atoms with E-state index in [1.165, 1.54) is 28.7 Å². The Morgan fingerprint density at radius 1 is 1.05 bits per heavy atom. The van der Waals surface area contributed by atoms with Crippen molar-refractivity contribution in [2.45, 2.75) is 31.5 Å². The summed E-state index contributed by atoms with van der Waals surface area (Å²) in [5, 5.41) is 13.2. The van der Waals surface area contributed by atoms with Gasteiger partial charge in [0, 0.05) is 60.0 Å². The molecule has 2 aliphatic heterocycles. The third-order valence-corrected chi connectivity index (χ3v) is 7.65. The number of carbonyl (C=O) groups is 3. The van der Waals surface area contributed by atoms with Crippen LogP contribution in [0.3, 0.4) is 0 Å². The number of benzene rings is 2. The van der Waals surface area contributed by atoms with Gasteiger partial charge >= 0.3 is 5.97 Å². The van der Waals surface area contributed by atoms with Gasteiger partial charge in [0.2, 0.25) is 0 Å². The minimum Gasteiger partial charge on any atom is -0.478 e. The van der Waals surface area contributed by atoms with Crippen molar-refractivity contribution in [3.05, 3.63) is 93.8 Å². The molecular formula is C29H25ClN4O4. The first-order valence-electron chi connectivity index (χ1n) is 12.5. The maximum atomic E-state index is 14.0. The average Bonchev–Trinajstić information content (AvgIpc) is 2.91. The number of carboxylic acid groups (broad SMARTS) is 1. The quantitative estimate of drug-likeness (QED) is 0.476. The van der Waals surface area contributed by atoms with Gasteiger partial charge in [-0.1, -0.05) is 29.8 Å². The highest BCUT2D eigenvalue weighted by atomic mass is 35.5. The highest BCUT2D eigenvalue weighted by molar-refractivity contribution is 6.32. The largest absolute Gasteiger partial charge is 0.478 e. The highest BCUT2D eigenvalue weighted by Gasteiger charge is 2.43. The van der Waals surface area contributed by atoms with E-state index in [0.717, 1.165) is 32.5 Å². The van der Waals surface area contributed by atoms with Gasteiger partial charge in [-0.2, -0.15) is 0 Å². The van der Waals surface area contributed by atoms with Crippen LogP contribution in [0.2, 0.25) is 5.02 Å². The molecule has 3 aromatic rings. The maximum Gasteiger partial charge on any atom is 0.335 e. The van der Waals surface area contributed by atoms with Crippen LogP contribution in [0.15, 0.2) is 60.9 Å². The van der Waals surface area contributed by atoms with E-state index in [2.05, 4.69) is 15.2 Å². The number of aromatic carboxylic acids is 1. The zero-order valence-electron chi connectivity index (χ0n) is 20.4. The molecule has 0 spiro atoms. The molecule has 2 aromatic carbocycles. The lowest BCUT2D eigenvalue weighted by Crippen LogP contribution is -2.51. The average molecular weight is 529 g/mol. The van der Waals surface area contributed by atoms with E-state index in [0.29, 0.717) is 22.4 Å². The molecule has 1 atom stereocenters. The summed E-state index contributed by atoms with van der Waals surface area (Å²) < 4.78 is 0. The summed E-state index contributed by atoms with van der Waals surface area (Å²) in [6.07, 6.45) is 8.92. The molecule has 9 heteroatoms. The van der Waals surface area contributed by atoms with Crippen LogP contribution in [-0.4, -0.2) is 57.8 Å². The summed E-state index contributed by atoms with van der Waals surface area (Å²) >= 11 is 6.20. The third kappa shape index (κ3) is 4.36. The van der Waals surface area contributed by atoms with E-state index in [4.69, 9.17) is 11.6 Å². The summed E-state index contributed by atoms with van der Waals surface area (Å²) in [6, 6.07) is 11.3. The van der Waals surface area contributed by atoms with Gasteiger partial charge in [0.25, 0.3) is 5.91 Å². The Hall–Kier alpha value is -4.01. The fourth-order valence-electron chi connectivity index (χ4n) is 5.56. The zero-order valence-corrected chi connectivity index (χ0v) is 21.2. The Balaban J connectivity index is 1.28. The summed E-state index contributed by atoms with van der Waals surface area (Å²) in [7, 11) is 0. The molecule has 3 heterocycles. The molecule has 1 aromatic heterocycles. The summed E-state index contributed by atoms with van der Waals surface area (Å²) in [5.74, 6) is -1.71. The molecule has 2 bridgehead atoms. The number of carbonyl (C=O) groups excluding carboxylic acids is 2. The normalized spacial score (nSPS) is 19.1. The fraction of sp³-hybridized carbons (Fsp3) is 0.241. The van der Waals surface area contributed by atoms with Gasteiger partial charge in [-0.25, -0.2) is 4.79 Å². The van der Waals surface area contributed by atoms with Crippen molar-refractivity contribution in [1.82, 2.24) is 9.88 Å². The summed E-state index contributed by atoms with van der Waals surface area (Å²) in [5.41, 5.74) is 3.52. The highest BCUT2D eigenvalue weighted by Crippen LogP contribution is 2.39. The molecule has 0 saturated carbocycles. The number of hydrogen-bond acceptors (Lipinski definition) is 6. The fourth-order valence-corrected chi connectivity index (χ4v) is 5.79. The van der Waals surface area contributed by atoms with Crippen molar-refractivity contribution < 1.29 is 19.5 Å². The van der Waals surface area contributed by atoms with Crippen LogP contribution in [0.5, 0.6) is 0 Å². The molecule has 3 aliphatic rings. The molecule has 1 aliphatic carbocycles. The Morgan fingerprint density at radius 3 is 2.55 bits per heavy atom. The number of anilines is 2. The molecule has 1 unspecified atom stereocenters. The number of nitrogens with one attached hydrogen (secondary N) is 1. The zero-order chi connectivity index (χ0) is 26.4. The van der Waals surface area contributed by atoms with Gasteiger partial charge in [0.05, 0.1) is 11.1 Å². The second-order valence-corrected chi connectivity index (χ2v) is 10.3. The third-order valence-electron chi connectivity index (χ3n) is 7.43. The number of amides is 1. The number of ketones is 1. The topological polar surface area (TPSA) is 103 Å². The number of fused-ring (bicyclic) bond motifs is 1. The predicted molar refractivity (Wildman–Crippen MR) is 145 cm³/mol. The molecule has 2 N–H and O–H groups in total. The standard InChI is InChI=1S/C29H25ClN4O4/c30-20-13-19(29(37)38)14-22(15-20)34-24-4-2-18-1-3-23(26(28(34)36)25(18)27(24)35)32-21-7-11-33(12-8-21)16-17-5-9-31-10-6-17/h1-6,9-10,13-15,21,24,32H,7-8,11-12,16H2,(H,37,38). The van der Waals surface area contributed by atoms with Crippen LogP contribution in [0.25, 0.3) is 6.08 Å². The Labute approximate surface area is 224 Å². The van der Waals surface area contributed by atoms with Crippen molar-refractivity contribution in [2.24, 2.45) is 0 Å². The first-order chi connectivity index (χ1) is 18.4. The maximum absolute atomic E-state index is 14.0. The van der Waals surface area contributed by atoms with E-state index >= 15 is 0 Å². The molecule has 6 rings (SSSR count). The first kappa shape index (κ1) is 24.3. The molecule has 192 valence electrons. The van der Waals surface area contributed by atoms with Crippen molar-refractivity contribution in [2.75, 3.05) is 23.3 Å². The van der Waals surface area contributed by atoms with Crippen LogP contribution in [0.1, 0.15) is 55.0 Å². The molecule has 1 amide bonds. The molecule has 1 saturated heterocycles. The Kier molecular flexibility index (Phi) is 6.21. The Morgan fingerprint density at radius 2 is 1.82 bits per heavy atom. The lowest BCUT2D eigenvalue weighted by molar-refractivity contribution is 0.0696. The lowest BCUT2D eigenvalue weighted by atomic mass is 9.82. The second-order valence-electron chi connectivity index (χ2n) is 9.85. The molecule has 38 heavy (non-hydrogen) atoms. The van der Waals surface area contributed by atoms with Gasteiger partial charge in [-0.3, -0.25) is 24.4 Å². The van der Waals surface area contributed by atoms with Crippen LogP contribution in [0.4, 0.5) is 11.4 Å². The van der Waals surface area contributed by atoms with Crippen LogP contribution in [-0.2, 0) is 6.54 Å². The smallest absolute Gasteiger partial charge is 0.335 e. The van der Waals surface area contributed by atoms with Crippen molar-refractivity contribution in [1.29, 1.82) is 0 Å². The number of likely N-dealkylation sites (tertiary alicyclic amines) is 1. The lowest BCUT2D eigenvalue weighted by Gasteiger charge is -2.38. The number of carboxylic acids is 1. The number of hydrogen-bond donors (Lipinski definition) is 2.